The van der Waals surface area contributed by atoms with Gasteiger partial charge in [0, 0.05) is 6.61 Å². The molecule has 104 valence electrons. The van der Waals surface area contributed by atoms with E-state index in [0.29, 0.717) is 13.2 Å². The maximum Gasteiger partial charge on any atom is 0.157 e. The van der Waals surface area contributed by atoms with Crippen LogP contribution in [0.2, 0.25) is 0 Å². The van der Waals surface area contributed by atoms with Gasteiger partial charge in [0.05, 0.1) is 6.61 Å². The Kier molecular flexibility index (Phi) is 5.92. The molecule has 0 spiro atoms. The van der Waals surface area contributed by atoms with Crippen molar-refractivity contribution in [3.8, 4) is 5.75 Å². The summed E-state index contributed by atoms with van der Waals surface area (Å²) in [7, 11) is 0. The number of benzene rings is 1. The molecule has 0 radical (unpaired) electrons. The maximum absolute atomic E-state index is 5.72. The number of ether oxygens (including phenoxy) is 3. The summed E-state index contributed by atoms with van der Waals surface area (Å²) in [6.45, 7) is 5.71. The standard InChI is InChI=1S/C16H22O3/c1-2-11-17-15-8-6-14(7-9-15)10-13-19-16-5-3-4-12-18-16/h2,6-9,16H,1,3-5,10-13H2. The molecule has 0 aromatic heterocycles. The van der Waals surface area contributed by atoms with Gasteiger partial charge in [0.2, 0.25) is 0 Å². The van der Waals surface area contributed by atoms with E-state index < -0.39 is 0 Å². The molecule has 3 heteroatoms. The molecule has 1 atom stereocenters. The van der Waals surface area contributed by atoms with Crippen LogP contribution in [-0.2, 0) is 15.9 Å². The molecule has 2 rings (SSSR count). The molecular formula is C16H22O3. The van der Waals surface area contributed by atoms with E-state index in [1.807, 2.05) is 12.1 Å². The first-order valence-corrected chi connectivity index (χ1v) is 6.94. The van der Waals surface area contributed by atoms with Crippen molar-refractivity contribution in [1.82, 2.24) is 0 Å². The van der Waals surface area contributed by atoms with Crippen LogP contribution in [0.3, 0.4) is 0 Å². The van der Waals surface area contributed by atoms with Crippen LogP contribution in [0.5, 0.6) is 5.75 Å². The molecule has 3 nitrogen and oxygen atoms in total. The van der Waals surface area contributed by atoms with E-state index in [2.05, 4.69) is 18.7 Å². The Bertz CT molecular complexity index is 366. The van der Waals surface area contributed by atoms with Crippen molar-refractivity contribution in [3.05, 3.63) is 42.5 Å². The molecule has 1 fully saturated rings. The van der Waals surface area contributed by atoms with Gasteiger partial charge in [-0.25, -0.2) is 0 Å². The summed E-state index contributed by atoms with van der Waals surface area (Å²) in [4.78, 5) is 0. The average molecular weight is 262 g/mol. The van der Waals surface area contributed by atoms with Crippen molar-refractivity contribution in [2.75, 3.05) is 19.8 Å². The van der Waals surface area contributed by atoms with Crippen molar-refractivity contribution in [3.63, 3.8) is 0 Å². The van der Waals surface area contributed by atoms with Crippen molar-refractivity contribution in [2.45, 2.75) is 32.0 Å². The molecule has 19 heavy (non-hydrogen) atoms. The Labute approximate surface area is 115 Å². The van der Waals surface area contributed by atoms with Crippen molar-refractivity contribution in [1.29, 1.82) is 0 Å². The number of hydrogen-bond acceptors (Lipinski definition) is 3. The summed E-state index contributed by atoms with van der Waals surface area (Å²) in [5, 5.41) is 0. The molecule has 1 unspecified atom stereocenters. The fraction of sp³-hybridized carbons (Fsp3) is 0.500. The van der Waals surface area contributed by atoms with E-state index in [4.69, 9.17) is 14.2 Å². The van der Waals surface area contributed by atoms with Gasteiger partial charge in [0.25, 0.3) is 0 Å². The summed E-state index contributed by atoms with van der Waals surface area (Å²) in [5.41, 5.74) is 1.25. The van der Waals surface area contributed by atoms with Gasteiger partial charge in [0.15, 0.2) is 6.29 Å². The predicted octanol–water partition coefficient (Wildman–Crippen LogP) is 3.34. The highest BCUT2D eigenvalue weighted by molar-refractivity contribution is 5.27. The van der Waals surface area contributed by atoms with Gasteiger partial charge in [-0.2, -0.15) is 0 Å². The van der Waals surface area contributed by atoms with E-state index >= 15 is 0 Å². The Morgan fingerprint density at radius 1 is 1.26 bits per heavy atom. The van der Waals surface area contributed by atoms with E-state index in [0.717, 1.165) is 31.6 Å². The maximum atomic E-state index is 5.72. The van der Waals surface area contributed by atoms with Gasteiger partial charge in [0.1, 0.15) is 12.4 Å². The molecule has 0 saturated carbocycles. The second-order valence-corrected chi connectivity index (χ2v) is 4.66. The van der Waals surface area contributed by atoms with Gasteiger partial charge in [-0.1, -0.05) is 24.8 Å². The first kappa shape index (κ1) is 14.1. The van der Waals surface area contributed by atoms with Crippen LogP contribution in [0.4, 0.5) is 0 Å². The zero-order valence-corrected chi connectivity index (χ0v) is 11.3. The minimum absolute atomic E-state index is 0.00366. The Morgan fingerprint density at radius 2 is 2.11 bits per heavy atom. The third kappa shape index (κ3) is 5.05. The highest BCUT2D eigenvalue weighted by Gasteiger charge is 2.13. The Morgan fingerprint density at radius 3 is 2.79 bits per heavy atom. The molecule has 0 aliphatic carbocycles. The van der Waals surface area contributed by atoms with E-state index in [9.17, 15) is 0 Å². The third-order valence-corrected chi connectivity index (χ3v) is 3.12. The molecule has 1 aromatic rings. The second kappa shape index (κ2) is 7.97. The van der Waals surface area contributed by atoms with Crippen LogP contribution in [0.25, 0.3) is 0 Å². The van der Waals surface area contributed by atoms with Crippen LogP contribution in [0.1, 0.15) is 24.8 Å². The van der Waals surface area contributed by atoms with Gasteiger partial charge in [-0.05, 0) is 43.4 Å². The number of hydrogen-bond donors (Lipinski definition) is 0. The minimum atomic E-state index is 0.00366. The lowest BCUT2D eigenvalue weighted by Crippen LogP contribution is -2.23. The van der Waals surface area contributed by atoms with Crippen LogP contribution >= 0.6 is 0 Å². The molecule has 1 aromatic carbocycles. The Hall–Kier alpha value is -1.32. The molecule has 1 heterocycles. The largest absolute Gasteiger partial charge is 0.490 e. The smallest absolute Gasteiger partial charge is 0.157 e. The molecule has 1 saturated heterocycles. The van der Waals surface area contributed by atoms with Gasteiger partial charge >= 0.3 is 0 Å². The minimum Gasteiger partial charge on any atom is -0.490 e. The van der Waals surface area contributed by atoms with E-state index in [-0.39, 0.29) is 6.29 Å². The fourth-order valence-electron chi connectivity index (χ4n) is 2.06. The van der Waals surface area contributed by atoms with Crippen LogP contribution < -0.4 is 4.74 Å². The summed E-state index contributed by atoms with van der Waals surface area (Å²) in [6.07, 6.45) is 6.04. The first-order valence-electron chi connectivity index (χ1n) is 6.94. The monoisotopic (exact) mass is 262 g/mol. The lowest BCUT2D eigenvalue weighted by atomic mass is 10.1. The normalized spacial score (nSPS) is 19.1. The lowest BCUT2D eigenvalue weighted by molar-refractivity contribution is -0.161. The first-order chi connectivity index (χ1) is 9.38. The zero-order valence-electron chi connectivity index (χ0n) is 11.3. The summed E-state index contributed by atoms with van der Waals surface area (Å²) in [5.74, 6) is 0.875. The third-order valence-electron chi connectivity index (χ3n) is 3.12. The molecular weight excluding hydrogens is 240 g/mol. The van der Waals surface area contributed by atoms with Crippen molar-refractivity contribution >= 4 is 0 Å². The average Bonchev–Trinajstić information content (AvgIpc) is 2.47. The highest BCUT2D eigenvalue weighted by Crippen LogP contribution is 2.15. The molecule has 0 amide bonds. The predicted molar refractivity (Wildman–Crippen MR) is 75.4 cm³/mol. The van der Waals surface area contributed by atoms with Crippen LogP contribution in [-0.4, -0.2) is 26.1 Å². The van der Waals surface area contributed by atoms with Crippen molar-refractivity contribution < 1.29 is 14.2 Å². The number of rotatable bonds is 7. The highest BCUT2D eigenvalue weighted by atomic mass is 16.7. The summed E-state index contributed by atoms with van der Waals surface area (Å²) < 4.78 is 16.7. The fourth-order valence-corrected chi connectivity index (χ4v) is 2.06. The lowest BCUT2D eigenvalue weighted by Gasteiger charge is -2.22. The Balaban J connectivity index is 1.68. The van der Waals surface area contributed by atoms with Gasteiger partial charge < -0.3 is 14.2 Å². The van der Waals surface area contributed by atoms with Crippen LogP contribution in [0, 0.1) is 0 Å². The van der Waals surface area contributed by atoms with Gasteiger partial charge in [-0.15, -0.1) is 0 Å². The van der Waals surface area contributed by atoms with Crippen LogP contribution in [0.15, 0.2) is 36.9 Å². The SMILES string of the molecule is C=CCOc1ccc(CCOC2CCCCO2)cc1. The molecule has 1 aliphatic heterocycles. The van der Waals surface area contributed by atoms with E-state index in [1.54, 1.807) is 6.08 Å². The summed E-state index contributed by atoms with van der Waals surface area (Å²) >= 11 is 0. The topological polar surface area (TPSA) is 27.7 Å². The molecule has 0 N–H and O–H groups in total. The van der Waals surface area contributed by atoms with Gasteiger partial charge in [-0.3, -0.25) is 0 Å². The molecule has 0 bridgehead atoms. The van der Waals surface area contributed by atoms with E-state index in [1.165, 1.54) is 12.0 Å². The summed E-state index contributed by atoms with van der Waals surface area (Å²) in [6, 6.07) is 8.11. The van der Waals surface area contributed by atoms with Crippen molar-refractivity contribution in [2.24, 2.45) is 0 Å². The zero-order chi connectivity index (χ0) is 13.3. The molecule has 1 aliphatic rings. The quantitative estimate of drug-likeness (QED) is 0.705. The second-order valence-electron chi connectivity index (χ2n) is 4.66.